The zero-order valence-electron chi connectivity index (χ0n) is 13.8. The fourth-order valence-electron chi connectivity index (χ4n) is 5.38. The first-order valence-electron chi connectivity index (χ1n) is 9.22. The van der Waals surface area contributed by atoms with Crippen LogP contribution in [0.15, 0.2) is 0 Å². The molecule has 0 heterocycles. The Morgan fingerprint density at radius 3 is 1.95 bits per heavy atom. The first kappa shape index (κ1) is 16.9. The van der Waals surface area contributed by atoms with Gasteiger partial charge in [-0.15, -0.1) is 0 Å². The first-order chi connectivity index (χ1) is 10.5. The molecule has 0 saturated heterocycles. The predicted molar refractivity (Wildman–Crippen MR) is 97.2 cm³/mol. The minimum Gasteiger partial charge on any atom is -0.299 e. The highest BCUT2D eigenvalue weighted by Crippen LogP contribution is 2.49. The van der Waals surface area contributed by atoms with Crippen molar-refractivity contribution in [2.45, 2.75) is 81.5 Å². The van der Waals surface area contributed by atoms with Crippen LogP contribution in [-0.2, 0) is 9.59 Å². The molecule has 2 nitrogen and oxygen atoms in total. The Morgan fingerprint density at radius 2 is 1.45 bits per heavy atom. The van der Waals surface area contributed by atoms with Gasteiger partial charge >= 0.3 is 0 Å². The summed E-state index contributed by atoms with van der Waals surface area (Å²) in [6.07, 6.45) is 11.9. The average Bonchev–Trinajstić information content (AvgIpc) is 2.77. The maximum absolute atomic E-state index is 12.2. The van der Waals surface area contributed by atoms with Crippen LogP contribution >= 0.6 is 22.6 Å². The zero-order valence-corrected chi connectivity index (χ0v) is 15.9. The third-order valence-electron chi connectivity index (χ3n) is 6.75. The number of carbonyl (C=O) groups is 2. The third kappa shape index (κ3) is 3.29. The van der Waals surface area contributed by atoms with Gasteiger partial charge in [-0.2, -0.15) is 0 Å². The maximum Gasteiger partial charge on any atom is 0.146 e. The molecular formula is C19H29IO2. The highest BCUT2D eigenvalue weighted by molar-refractivity contribution is 14.1. The topological polar surface area (TPSA) is 34.1 Å². The number of alkyl halides is 1. The van der Waals surface area contributed by atoms with Gasteiger partial charge in [0, 0.05) is 16.8 Å². The lowest BCUT2D eigenvalue weighted by molar-refractivity contribution is -0.138. The summed E-state index contributed by atoms with van der Waals surface area (Å²) in [5.41, 5.74) is -0.523. The number of hydrogen-bond acceptors (Lipinski definition) is 2. The second-order valence-corrected chi connectivity index (χ2v) is 10.2. The van der Waals surface area contributed by atoms with Crippen LogP contribution in [0.4, 0.5) is 0 Å². The molecule has 3 aliphatic rings. The number of carbonyl (C=O) groups excluding carboxylic acids is 2. The Balaban J connectivity index is 1.50. The molecule has 3 fully saturated rings. The van der Waals surface area contributed by atoms with E-state index in [9.17, 15) is 9.59 Å². The van der Waals surface area contributed by atoms with E-state index in [-0.39, 0.29) is 11.6 Å². The molecule has 124 valence electrons. The Bertz CT molecular complexity index is 409. The molecule has 3 rings (SSSR count). The van der Waals surface area contributed by atoms with Crippen molar-refractivity contribution in [3.63, 3.8) is 0 Å². The molecule has 0 radical (unpaired) electrons. The fourth-order valence-corrected chi connectivity index (χ4v) is 6.10. The molecule has 3 saturated carbocycles. The van der Waals surface area contributed by atoms with Crippen molar-refractivity contribution in [2.24, 2.45) is 23.2 Å². The van der Waals surface area contributed by atoms with E-state index in [4.69, 9.17) is 0 Å². The summed E-state index contributed by atoms with van der Waals surface area (Å²) in [7, 11) is 0. The van der Waals surface area contributed by atoms with E-state index in [1.165, 1.54) is 32.1 Å². The van der Waals surface area contributed by atoms with Crippen LogP contribution in [-0.4, -0.2) is 15.5 Å². The van der Waals surface area contributed by atoms with E-state index in [1.807, 2.05) is 0 Å². The van der Waals surface area contributed by atoms with Crippen molar-refractivity contribution in [2.75, 3.05) is 0 Å². The average molecular weight is 416 g/mol. The minimum absolute atomic E-state index is 0.260. The van der Waals surface area contributed by atoms with Crippen molar-refractivity contribution >= 4 is 34.2 Å². The molecule has 0 amide bonds. The van der Waals surface area contributed by atoms with Gasteiger partial charge in [-0.3, -0.25) is 9.59 Å². The lowest BCUT2D eigenvalue weighted by Crippen LogP contribution is -2.39. The van der Waals surface area contributed by atoms with Crippen molar-refractivity contribution in [1.82, 2.24) is 0 Å². The summed E-state index contributed by atoms with van der Waals surface area (Å²) >= 11 is 2.55. The van der Waals surface area contributed by atoms with Crippen LogP contribution in [0.1, 0.15) is 77.6 Å². The number of ketones is 2. The minimum atomic E-state index is -0.523. The van der Waals surface area contributed by atoms with Gasteiger partial charge in [-0.05, 0) is 62.7 Å². The molecular weight excluding hydrogens is 387 g/mol. The number of rotatable bonds is 3. The molecule has 0 aromatic rings. The van der Waals surface area contributed by atoms with Crippen molar-refractivity contribution in [3.05, 3.63) is 0 Å². The summed E-state index contributed by atoms with van der Waals surface area (Å²) in [6, 6.07) is 0. The SMILES string of the molecule is CC(I)CC1CCC(C2CCC3(CC2)C(=O)CCC3=O)CC1. The Hall–Kier alpha value is 0.0700. The number of Topliss-reactive ketones (excluding diaryl/α,β-unsaturated/α-hetero) is 2. The molecule has 0 aliphatic heterocycles. The van der Waals surface area contributed by atoms with Gasteiger partial charge in [-0.25, -0.2) is 0 Å². The van der Waals surface area contributed by atoms with E-state index in [0.29, 0.717) is 12.8 Å². The van der Waals surface area contributed by atoms with Gasteiger partial charge in [0.15, 0.2) is 0 Å². The highest BCUT2D eigenvalue weighted by atomic mass is 127. The van der Waals surface area contributed by atoms with Crippen molar-refractivity contribution < 1.29 is 9.59 Å². The smallest absolute Gasteiger partial charge is 0.146 e. The Morgan fingerprint density at radius 1 is 0.955 bits per heavy atom. The second kappa shape index (κ2) is 6.90. The molecule has 0 bridgehead atoms. The number of halogens is 1. The summed E-state index contributed by atoms with van der Waals surface area (Å²) in [6.45, 7) is 2.32. The number of hydrogen-bond donors (Lipinski definition) is 0. The van der Waals surface area contributed by atoms with Crippen LogP contribution in [0.5, 0.6) is 0 Å². The largest absolute Gasteiger partial charge is 0.299 e. The van der Waals surface area contributed by atoms with Gasteiger partial charge in [-0.1, -0.05) is 42.4 Å². The molecule has 1 spiro atoms. The predicted octanol–water partition coefficient (Wildman–Crippen LogP) is 5.12. The fraction of sp³-hybridized carbons (Fsp3) is 0.895. The van der Waals surface area contributed by atoms with E-state index in [1.54, 1.807) is 0 Å². The molecule has 0 aromatic carbocycles. The quantitative estimate of drug-likeness (QED) is 0.364. The monoisotopic (exact) mass is 416 g/mol. The van der Waals surface area contributed by atoms with Gasteiger partial charge in [0.1, 0.15) is 11.6 Å². The van der Waals surface area contributed by atoms with E-state index >= 15 is 0 Å². The van der Waals surface area contributed by atoms with Crippen LogP contribution in [0, 0.1) is 23.2 Å². The van der Waals surface area contributed by atoms with Gasteiger partial charge in [0.25, 0.3) is 0 Å². The van der Waals surface area contributed by atoms with Crippen LogP contribution in [0.2, 0.25) is 0 Å². The zero-order chi connectivity index (χ0) is 15.7. The molecule has 0 aromatic heterocycles. The molecule has 1 atom stereocenters. The normalized spacial score (nSPS) is 34.3. The lowest BCUT2D eigenvalue weighted by atomic mass is 9.63. The van der Waals surface area contributed by atoms with Crippen LogP contribution in [0.25, 0.3) is 0 Å². The van der Waals surface area contributed by atoms with E-state index < -0.39 is 5.41 Å². The van der Waals surface area contributed by atoms with Gasteiger partial charge in [0.05, 0.1) is 5.41 Å². The first-order valence-corrected chi connectivity index (χ1v) is 10.5. The van der Waals surface area contributed by atoms with E-state index in [2.05, 4.69) is 29.5 Å². The Kier molecular flexibility index (Phi) is 5.30. The molecule has 0 N–H and O–H groups in total. The molecule has 3 aliphatic carbocycles. The second-order valence-electron chi connectivity index (χ2n) is 8.06. The van der Waals surface area contributed by atoms with Crippen LogP contribution < -0.4 is 0 Å². The highest BCUT2D eigenvalue weighted by Gasteiger charge is 2.51. The molecule has 1 unspecified atom stereocenters. The van der Waals surface area contributed by atoms with Gasteiger partial charge in [0.2, 0.25) is 0 Å². The summed E-state index contributed by atoms with van der Waals surface area (Å²) in [5, 5.41) is 0. The molecule has 3 heteroatoms. The standard InChI is InChI=1S/C19H29IO2/c1-13(20)12-14-2-4-15(5-3-14)16-8-10-19(11-9-16)17(21)6-7-18(19)22/h13-16H,2-12H2,1H3. The van der Waals surface area contributed by atoms with Crippen molar-refractivity contribution in [3.8, 4) is 0 Å². The third-order valence-corrected chi connectivity index (χ3v) is 7.26. The summed E-state index contributed by atoms with van der Waals surface area (Å²) in [4.78, 5) is 24.3. The van der Waals surface area contributed by atoms with Gasteiger partial charge < -0.3 is 0 Å². The van der Waals surface area contributed by atoms with E-state index in [0.717, 1.165) is 47.4 Å². The summed E-state index contributed by atoms with van der Waals surface area (Å²) < 4.78 is 0.799. The van der Waals surface area contributed by atoms with Crippen molar-refractivity contribution in [1.29, 1.82) is 0 Å². The maximum atomic E-state index is 12.2. The lowest BCUT2D eigenvalue weighted by Gasteiger charge is -2.40. The Labute approximate surface area is 148 Å². The summed E-state index contributed by atoms with van der Waals surface area (Å²) in [5.74, 6) is 3.11. The van der Waals surface area contributed by atoms with Crippen LogP contribution in [0.3, 0.4) is 0 Å². The molecule has 22 heavy (non-hydrogen) atoms.